The summed E-state index contributed by atoms with van der Waals surface area (Å²) in [5.74, 6) is 1.36. The van der Waals surface area contributed by atoms with Crippen molar-refractivity contribution >= 4 is 119 Å². The average molecular weight is 1670 g/mol. The van der Waals surface area contributed by atoms with E-state index in [0.717, 1.165) is 145 Å². The van der Waals surface area contributed by atoms with Crippen LogP contribution in [0.1, 0.15) is 0 Å². The maximum atomic E-state index is 5.64. The average Bonchev–Trinajstić information content (AvgIpc) is 1.53. The molecule has 0 saturated carbocycles. The first-order valence-electron chi connectivity index (χ1n) is 44.6. The molecule has 0 saturated heterocycles. The van der Waals surface area contributed by atoms with Crippen LogP contribution in [0, 0.1) is 0 Å². The van der Waals surface area contributed by atoms with Gasteiger partial charge in [0.05, 0.1) is 56.2 Å². The number of hydrogen-bond acceptors (Lipinski definition) is 6. The van der Waals surface area contributed by atoms with Gasteiger partial charge in [0.15, 0.2) is 11.6 Å². The third kappa shape index (κ3) is 13.5. The van der Waals surface area contributed by atoms with Crippen molar-refractivity contribution < 1.29 is 0 Å². The Kier molecular flexibility index (Phi) is 18.5. The van der Waals surface area contributed by atoms with E-state index in [9.17, 15) is 0 Å². The molecule has 0 fully saturated rings. The number of hydrogen-bond donors (Lipinski definition) is 0. The molecule has 21 aromatic carbocycles. The van der Waals surface area contributed by atoms with Crippen LogP contribution >= 0.6 is 0 Å². The highest BCUT2D eigenvalue weighted by Gasteiger charge is 2.23. The molecule has 0 atom stereocenters. The van der Waals surface area contributed by atoms with Gasteiger partial charge in [-0.15, -0.1) is 0 Å². The van der Waals surface area contributed by atoms with Crippen LogP contribution in [0.3, 0.4) is 0 Å². The smallest absolute Gasteiger partial charge is 0.160 e. The zero-order valence-electron chi connectivity index (χ0n) is 71.1. The molecular weight excluding hydrogens is 1590 g/mol. The van der Waals surface area contributed by atoms with Crippen molar-refractivity contribution in [3.8, 4) is 141 Å². The largest absolute Gasteiger partial charge is 0.309 e. The Labute approximate surface area is 755 Å². The molecule has 0 bridgehead atoms. The molecule has 0 unspecified atom stereocenters. The summed E-state index contributed by atoms with van der Waals surface area (Å²) in [5.41, 5.74) is 28.2. The Balaban J connectivity index is 0.000000141. The zero-order chi connectivity index (χ0) is 86.4. The highest BCUT2D eigenvalue weighted by molar-refractivity contribution is 6.28. The number of fused-ring (bicyclic) bond motifs is 13. The van der Waals surface area contributed by atoms with E-state index in [1.54, 1.807) is 0 Å². The topological polar surface area (TPSA) is 82.3 Å². The summed E-state index contributed by atoms with van der Waals surface area (Å²) in [6, 6.07) is 167. The van der Waals surface area contributed by atoms with Crippen LogP contribution in [0.2, 0.25) is 0 Å². The molecule has 5 heterocycles. The fourth-order valence-corrected chi connectivity index (χ4v) is 19.9. The molecule has 608 valence electrons. The number of nitrogens with zero attached hydrogens (tertiary/aromatic N) is 7. The van der Waals surface area contributed by atoms with Gasteiger partial charge in [0.2, 0.25) is 0 Å². The van der Waals surface area contributed by atoms with Crippen molar-refractivity contribution in [3.63, 3.8) is 0 Å². The van der Waals surface area contributed by atoms with Gasteiger partial charge in [0.25, 0.3) is 0 Å². The normalized spacial score (nSPS) is 11.7. The van der Waals surface area contributed by atoms with Crippen molar-refractivity contribution in [1.29, 1.82) is 0 Å². The monoisotopic (exact) mass is 1660 g/mol. The van der Waals surface area contributed by atoms with Crippen LogP contribution in [-0.4, -0.2) is 34.5 Å². The van der Waals surface area contributed by atoms with Gasteiger partial charge >= 0.3 is 0 Å². The molecule has 7 nitrogen and oxygen atoms in total. The lowest BCUT2D eigenvalue weighted by Crippen LogP contribution is -1.97. The fraction of sp³-hybridized carbons (Fsp3) is 0. The minimum Gasteiger partial charge on any atom is -0.309 e. The van der Waals surface area contributed by atoms with Crippen LogP contribution < -0.4 is 0 Å². The van der Waals surface area contributed by atoms with Crippen LogP contribution in [0.25, 0.3) is 260 Å². The standard InChI is InChI=1S/C63H40N4.C61H37N3/c1-3-16-44(17-4-1)56-40-57(45-18-5-2-6-19-45)65-63(64-56)46-31-29-41(30-32-46)47-20-13-21-48(39-47)61-55-38-35-42-15-7-8-22-50(42)60(55)54-26-14-25-51(62(54)66-61)43-33-36-49(37-34-43)67-58-27-11-9-23-52(58)53-24-10-12-28-59(53)67;1-3-12-38(13-4-1)44-19-10-20-46(34-44)56-37-55(40-15-5-2-6-16-40)63-61(64-56)48-22-11-21-47(35-48)60-52-32-26-39-14-7-8-23-50(39)59(52)53-36-45(29-33-54(53)62-60)49-30-27-43-25-24-41-17-9-18-42-28-31-51(49)58(43)57(41)42/h1-40H;1-37H. The highest BCUT2D eigenvalue weighted by Crippen LogP contribution is 2.47. The molecule has 7 heteroatoms. The third-order valence-corrected chi connectivity index (χ3v) is 26.2. The molecule has 0 radical (unpaired) electrons. The van der Waals surface area contributed by atoms with Gasteiger partial charge in [-0.25, -0.2) is 29.9 Å². The molecule has 0 aliphatic rings. The van der Waals surface area contributed by atoms with Crippen molar-refractivity contribution in [1.82, 2.24) is 34.5 Å². The second-order valence-electron chi connectivity index (χ2n) is 33.9. The lowest BCUT2D eigenvalue weighted by atomic mass is 9.89. The molecular formula is C124H77N7. The molecule has 0 aliphatic carbocycles. The summed E-state index contributed by atoms with van der Waals surface area (Å²) < 4.78 is 2.37. The van der Waals surface area contributed by atoms with Crippen LogP contribution in [-0.2, 0) is 0 Å². The summed E-state index contributed by atoms with van der Waals surface area (Å²) in [6.45, 7) is 0. The van der Waals surface area contributed by atoms with Gasteiger partial charge in [-0.1, -0.05) is 400 Å². The Morgan fingerprint density at radius 2 is 0.542 bits per heavy atom. The Morgan fingerprint density at radius 1 is 0.160 bits per heavy atom. The van der Waals surface area contributed by atoms with Crippen molar-refractivity contribution in [2.75, 3.05) is 0 Å². The van der Waals surface area contributed by atoms with Crippen molar-refractivity contribution in [3.05, 3.63) is 467 Å². The lowest BCUT2D eigenvalue weighted by molar-refractivity contribution is 1.18. The van der Waals surface area contributed by atoms with Gasteiger partial charge in [-0.2, -0.15) is 0 Å². The molecule has 26 rings (SSSR count). The molecule has 0 amide bonds. The first-order valence-corrected chi connectivity index (χ1v) is 44.6. The number of para-hydroxylation sites is 3. The van der Waals surface area contributed by atoms with E-state index in [1.165, 1.54) is 103 Å². The number of aromatic nitrogens is 7. The van der Waals surface area contributed by atoms with Gasteiger partial charge < -0.3 is 4.57 Å². The summed E-state index contributed by atoms with van der Waals surface area (Å²) in [7, 11) is 0. The first-order chi connectivity index (χ1) is 64.9. The number of rotatable bonds is 13. The van der Waals surface area contributed by atoms with E-state index >= 15 is 0 Å². The maximum Gasteiger partial charge on any atom is 0.160 e. The third-order valence-electron chi connectivity index (χ3n) is 26.2. The highest BCUT2D eigenvalue weighted by atomic mass is 15.0. The fourth-order valence-electron chi connectivity index (χ4n) is 19.9. The molecule has 0 spiro atoms. The predicted molar refractivity (Wildman–Crippen MR) is 548 cm³/mol. The van der Waals surface area contributed by atoms with E-state index in [0.29, 0.717) is 11.6 Å². The van der Waals surface area contributed by atoms with Gasteiger partial charge in [-0.3, -0.25) is 0 Å². The van der Waals surface area contributed by atoms with E-state index in [2.05, 4.69) is 429 Å². The summed E-state index contributed by atoms with van der Waals surface area (Å²) >= 11 is 0. The molecule has 5 aromatic heterocycles. The van der Waals surface area contributed by atoms with Gasteiger partial charge in [0.1, 0.15) is 0 Å². The Bertz CT molecular complexity index is 8880. The van der Waals surface area contributed by atoms with Crippen LogP contribution in [0.4, 0.5) is 0 Å². The SMILES string of the molecule is c1ccc(-c2cc(-c3ccccc3)nc(-c3ccc(-c4cccc(-c5nc6c(-c7ccc(-n8c9ccccc9c9ccccc98)cc7)cccc6c6c5ccc5ccccc56)c4)cc3)n2)cc1.c1ccc(-c2cccc(-c3cc(-c4ccccc4)nc(-c4cccc(-c5nc6ccc(-c7ccc8ccc9cccc%10ccc7c8c9%10)cc6c6c5ccc5ccccc56)c4)n3)c2)cc1. The summed E-state index contributed by atoms with van der Waals surface area (Å²) in [6.07, 6.45) is 0. The molecule has 131 heavy (non-hydrogen) atoms. The second kappa shape index (κ2) is 31.9. The lowest BCUT2D eigenvalue weighted by Gasteiger charge is -2.16. The molecule has 26 aromatic rings. The molecule has 0 N–H and O–H groups in total. The minimum absolute atomic E-state index is 0.664. The van der Waals surface area contributed by atoms with Crippen molar-refractivity contribution in [2.24, 2.45) is 0 Å². The van der Waals surface area contributed by atoms with Gasteiger partial charge in [-0.05, 0) is 160 Å². The van der Waals surface area contributed by atoms with Gasteiger partial charge in [0, 0.05) is 98.8 Å². The Hall–Kier alpha value is -17.5. The summed E-state index contributed by atoms with van der Waals surface area (Å²) in [5, 5.41) is 22.0. The van der Waals surface area contributed by atoms with Crippen LogP contribution in [0.15, 0.2) is 467 Å². The second-order valence-corrected chi connectivity index (χ2v) is 33.9. The number of benzene rings is 21. The van der Waals surface area contributed by atoms with E-state index in [-0.39, 0.29) is 0 Å². The van der Waals surface area contributed by atoms with E-state index in [4.69, 9.17) is 29.9 Å². The zero-order valence-corrected chi connectivity index (χ0v) is 71.1. The predicted octanol–water partition coefficient (Wildman–Crippen LogP) is 32.7. The quantitative estimate of drug-likeness (QED) is 0.107. The van der Waals surface area contributed by atoms with Crippen LogP contribution in [0.5, 0.6) is 0 Å². The summed E-state index contributed by atoms with van der Waals surface area (Å²) in [4.78, 5) is 31.8. The molecule has 0 aliphatic heterocycles. The Morgan fingerprint density at radius 3 is 1.14 bits per heavy atom. The first kappa shape index (κ1) is 76.0. The minimum atomic E-state index is 0.664. The number of pyridine rings is 2. The van der Waals surface area contributed by atoms with Crippen molar-refractivity contribution in [2.45, 2.75) is 0 Å². The van der Waals surface area contributed by atoms with E-state index in [1.807, 2.05) is 42.5 Å². The maximum absolute atomic E-state index is 5.64. The van der Waals surface area contributed by atoms with E-state index < -0.39 is 0 Å².